The molecule has 0 aliphatic carbocycles. The summed E-state index contributed by atoms with van der Waals surface area (Å²) in [5.41, 5.74) is 4.53. The zero-order valence-corrected chi connectivity index (χ0v) is 23.2. The number of hydrogen-bond donors (Lipinski definition) is 2. The molecular formula is C30H40FN5O4. The topological polar surface area (TPSA) is 125 Å². The number of esters is 1. The monoisotopic (exact) mass is 553 g/mol. The molecule has 10 heteroatoms. The summed E-state index contributed by atoms with van der Waals surface area (Å²) in [4.78, 5) is 24.0. The van der Waals surface area contributed by atoms with Crippen molar-refractivity contribution in [2.45, 2.75) is 95.5 Å². The number of carbonyl (C=O) groups excluding carboxylic acids is 1. The molecule has 0 saturated carbocycles. The summed E-state index contributed by atoms with van der Waals surface area (Å²) in [6, 6.07) is 0. The van der Waals surface area contributed by atoms with Gasteiger partial charge in [0, 0.05) is 12.8 Å². The van der Waals surface area contributed by atoms with Crippen molar-refractivity contribution in [2.24, 2.45) is 0 Å². The van der Waals surface area contributed by atoms with Gasteiger partial charge in [-0.15, -0.1) is 6.42 Å². The van der Waals surface area contributed by atoms with Gasteiger partial charge < -0.3 is 20.3 Å². The fraction of sp³-hybridized carbons (Fsp3) is 0.533. The first kappa shape index (κ1) is 31.0. The van der Waals surface area contributed by atoms with Gasteiger partial charge in [-0.25, -0.2) is 4.98 Å². The van der Waals surface area contributed by atoms with E-state index in [-0.39, 0.29) is 29.8 Å². The second-order valence-electron chi connectivity index (χ2n) is 9.78. The average molecular weight is 554 g/mol. The van der Waals surface area contributed by atoms with Crippen LogP contribution in [0.2, 0.25) is 0 Å². The van der Waals surface area contributed by atoms with E-state index in [4.69, 9.17) is 21.6 Å². The van der Waals surface area contributed by atoms with Crippen LogP contribution in [0.1, 0.15) is 83.8 Å². The van der Waals surface area contributed by atoms with Crippen LogP contribution in [0, 0.1) is 18.4 Å². The van der Waals surface area contributed by atoms with E-state index in [9.17, 15) is 14.3 Å². The normalized spacial score (nSPS) is 21.2. The number of carbonyl (C=O) groups is 1. The number of nitrogens with zero attached hydrogens (tertiary/aromatic N) is 4. The van der Waals surface area contributed by atoms with Gasteiger partial charge in [0.1, 0.15) is 12.3 Å². The van der Waals surface area contributed by atoms with Crippen molar-refractivity contribution in [3.8, 4) is 12.3 Å². The van der Waals surface area contributed by atoms with Crippen LogP contribution in [0.4, 0.5) is 10.2 Å². The summed E-state index contributed by atoms with van der Waals surface area (Å²) in [5.74, 6) is 1.93. The Morgan fingerprint density at radius 2 is 1.90 bits per heavy atom. The number of aromatic nitrogens is 4. The van der Waals surface area contributed by atoms with Crippen LogP contribution in [-0.2, 0) is 14.3 Å². The third kappa shape index (κ3) is 8.47. The van der Waals surface area contributed by atoms with E-state index in [0.29, 0.717) is 6.42 Å². The van der Waals surface area contributed by atoms with Gasteiger partial charge in [0.25, 0.3) is 0 Å². The van der Waals surface area contributed by atoms with E-state index in [0.717, 1.165) is 51.4 Å². The van der Waals surface area contributed by atoms with Gasteiger partial charge >= 0.3 is 12.0 Å². The largest absolute Gasteiger partial charge is 0.458 e. The van der Waals surface area contributed by atoms with E-state index < -0.39 is 36.6 Å². The van der Waals surface area contributed by atoms with E-state index in [1.54, 1.807) is 0 Å². The molecule has 2 aromatic rings. The molecule has 2 aromatic heterocycles. The number of aliphatic hydroxyl groups excluding tert-OH is 1. The van der Waals surface area contributed by atoms with Gasteiger partial charge in [0.15, 0.2) is 22.6 Å². The number of ether oxygens (including phenoxy) is 2. The number of nitrogens with two attached hydrogens (primary N) is 1. The maximum Gasteiger partial charge on any atom is 0.312 e. The molecule has 3 heterocycles. The molecule has 3 N–H and O–H groups in total. The fourth-order valence-corrected chi connectivity index (χ4v) is 4.59. The zero-order valence-electron chi connectivity index (χ0n) is 23.2. The number of rotatable bonds is 16. The van der Waals surface area contributed by atoms with Gasteiger partial charge in [0.05, 0.1) is 12.9 Å². The third-order valence-corrected chi connectivity index (χ3v) is 6.80. The van der Waals surface area contributed by atoms with Gasteiger partial charge in [-0.2, -0.15) is 14.4 Å². The van der Waals surface area contributed by atoms with Crippen LogP contribution in [0.5, 0.6) is 0 Å². The molecule has 0 spiro atoms. The number of aliphatic hydroxyl groups is 1. The summed E-state index contributed by atoms with van der Waals surface area (Å²) in [5, 5.41) is 10.0. The van der Waals surface area contributed by atoms with Gasteiger partial charge in [-0.05, 0) is 38.5 Å². The number of unbranched alkanes of at least 4 members (excludes halogenated alkanes) is 5. The summed E-state index contributed by atoms with van der Waals surface area (Å²) in [6.45, 7) is 1.57. The number of fused-ring (bicyclic) bond motifs is 1. The first-order chi connectivity index (χ1) is 19.4. The van der Waals surface area contributed by atoms with Crippen molar-refractivity contribution in [1.82, 2.24) is 19.5 Å². The Morgan fingerprint density at radius 3 is 2.62 bits per heavy atom. The lowest BCUT2D eigenvalue weighted by atomic mass is 9.98. The maximum absolute atomic E-state index is 13.8. The lowest BCUT2D eigenvalue weighted by molar-refractivity contribution is -0.158. The predicted molar refractivity (Wildman–Crippen MR) is 152 cm³/mol. The van der Waals surface area contributed by atoms with Gasteiger partial charge in [-0.3, -0.25) is 9.36 Å². The minimum atomic E-state index is -1.54. The number of allylic oxidation sites excluding steroid dienone is 6. The first-order valence-corrected chi connectivity index (χ1v) is 14.0. The molecule has 3 atom stereocenters. The molecule has 3 rings (SSSR count). The number of nitrogen functional groups attached to an aromatic ring is 1. The molecule has 0 unspecified atom stereocenters. The van der Waals surface area contributed by atoms with E-state index in [1.807, 2.05) is 0 Å². The molecule has 1 fully saturated rings. The molecule has 0 bridgehead atoms. The Labute approximate surface area is 235 Å². The molecule has 9 nitrogen and oxygen atoms in total. The Hall–Kier alpha value is -3.55. The zero-order chi connectivity index (χ0) is 28.8. The Bertz CT molecular complexity index is 1230. The highest BCUT2D eigenvalue weighted by Crippen LogP contribution is 2.39. The Morgan fingerprint density at radius 1 is 1.20 bits per heavy atom. The van der Waals surface area contributed by atoms with Gasteiger partial charge in [0.2, 0.25) is 0 Å². The third-order valence-electron chi connectivity index (χ3n) is 6.80. The second-order valence-corrected chi connectivity index (χ2v) is 9.78. The maximum atomic E-state index is 13.8. The lowest BCUT2D eigenvalue weighted by Gasteiger charge is -2.26. The van der Waals surface area contributed by atoms with Crippen LogP contribution in [0.15, 0.2) is 42.8 Å². The number of hydrogen-bond acceptors (Lipinski definition) is 8. The van der Waals surface area contributed by atoms with Crippen LogP contribution in [0.3, 0.4) is 0 Å². The second kappa shape index (κ2) is 15.9. The molecule has 40 heavy (non-hydrogen) atoms. The Balaban J connectivity index is 1.38. The summed E-state index contributed by atoms with van der Waals surface area (Å²) < 4.78 is 26.8. The van der Waals surface area contributed by atoms with Crippen LogP contribution >= 0.6 is 0 Å². The first-order valence-electron chi connectivity index (χ1n) is 14.0. The SMILES string of the molecule is C#C[C@]1(CO)O[C@@H](n2cnc3c(N)nc(F)nc32)C[C@@H]1OC(=O)CCCCCCC/C=C\C/C=C\C/C=C\CC. The lowest BCUT2D eigenvalue weighted by Crippen LogP contribution is -2.44. The molecule has 0 aromatic carbocycles. The summed E-state index contributed by atoms with van der Waals surface area (Å²) in [6.07, 6.45) is 26.9. The van der Waals surface area contributed by atoms with Crippen LogP contribution in [-0.4, -0.2) is 48.9 Å². The van der Waals surface area contributed by atoms with Crippen LogP contribution in [0.25, 0.3) is 11.2 Å². The van der Waals surface area contributed by atoms with Crippen LogP contribution < -0.4 is 5.73 Å². The standard InChI is InChI=1S/C30H40FN5O4/c1-3-5-6-7-8-9-10-11-12-13-14-15-16-17-18-19-25(38)39-23-20-24(40-30(23,4-2)21-37)36-22-33-26-27(32)34-29(31)35-28(26)36/h2,5-6,8-9,11-12,22-24,37H,3,7,10,13-21H2,1H3,(H2,32,34,35)/b6-5-,9-8-,12-11-/t23-,24+,30+/m0/s1. The molecule has 0 radical (unpaired) electrons. The molecule has 1 aliphatic heterocycles. The van der Waals surface area contributed by atoms with Crippen molar-refractivity contribution in [2.75, 3.05) is 12.3 Å². The molecule has 1 aliphatic rings. The van der Waals surface area contributed by atoms with E-state index >= 15 is 0 Å². The molecule has 216 valence electrons. The molecular weight excluding hydrogens is 513 g/mol. The van der Waals surface area contributed by atoms with Crippen molar-refractivity contribution in [3.63, 3.8) is 0 Å². The number of anilines is 1. The number of imidazole rings is 1. The highest BCUT2D eigenvalue weighted by Gasteiger charge is 2.51. The Kier molecular flexibility index (Phi) is 12.3. The van der Waals surface area contributed by atoms with E-state index in [2.05, 4.69) is 64.3 Å². The van der Waals surface area contributed by atoms with Crippen molar-refractivity contribution < 1.29 is 23.8 Å². The van der Waals surface area contributed by atoms with Crippen molar-refractivity contribution in [3.05, 3.63) is 48.9 Å². The number of halogens is 1. The summed E-state index contributed by atoms with van der Waals surface area (Å²) in [7, 11) is 0. The quantitative estimate of drug-likeness (QED) is 0.0939. The predicted octanol–water partition coefficient (Wildman–Crippen LogP) is 5.33. The average Bonchev–Trinajstić information content (AvgIpc) is 3.52. The smallest absolute Gasteiger partial charge is 0.312 e. The minimum absolute atomic E-state index is 0.108. The molecule has 0 amide bonds. The van der Waals surface area contributed by atoms with Crippen molar-refractivity contribution in [1.29, 1.82) is 0 Å². The van der Waals surface area contributed by atoms with Crippen molar-refractivity contribution >= 4 is 23.0 Å². The molecule has 1 saturated heterocycles. The highest BCUT2D eigenvalue weighted by atomic mass is 19.1. The summed E-state index contributed by atoms with van der Waals surface area (Å²) >= 11 is 0. The minimum Gasteiger partial charge on any atom is -0.458 e. The van der Waals surface area contributed by atoms with E-state index in [1.165, 1.54) is 10.9 Å². The fourth-order valence-electron chi connectivity index (χ4n) is 4.59. The number of terminal acetylenes is 1. The van der Waals surface area contributed by atoms with Gasteiger partial charge in [-0.1, -0.05) is 68.6 Å². The highest BCUT2D eigenvalue weighted by molar-refractivity contribution is 5.81.